The van der Waals surface area contributed by atoms with Gasteiger partial charge in [0.2, 0.25) is 5.75 Å². The summed E-state index contributed by atoms with van der Waals surface area (Å²) in [6.45, 7) is 0.495. The monoisotopic (exact) mass is 589 g/mol. The Labute approximate surface area is 230 Å². The van der Waals surface area contributed by atoms with E-state index in [2.05, 4.69) is 22.0 Å². The van der Waals surface area contributed by atoms with Crippen LogP contribution >= 0.6 is 27.7 Å². The SMILES string of the molecule is COc1cc([C@@H]2CC[C@@H](c3cc(OC)c(OC)c(OC)c3)O2)cc(N)c1OCCSc1ccccc1Br. The second-order valence-electron chi connectivity index (χ2n) is 8.42. The number of halogens is 1. The van der Waals surface area contributed by atoms with Crippen LogP contribution in [0.4, 0.5) is 5.69 Å². The summed E-state index contributed by atoms with van der Waals surface area (Å²) in [4.78, 5) is 1.17. The molecule has 0 unspecified atom stereocenters. The van der Waals surface area contributed by atoms with E-state index in [0.29, 0.717) is 41.0 Å². The van der Waals surface area contributed by atoms with Gasteiger partial charge in [-0.25, -0.2) is 0 Å². The summed E-state index contributed by atoms with van der Waals surface area (Å²) >= 11 is 5.29. The Balaban J connectivity index is 1.44. The van der Waals surface area contributed by atoms with Crippen molar-refractivity contribution in [3.63, 3.8) is 0 Å². The summed E-state index contributed by atoms with van der Waals surface area (Å²) < 4.78 is 35.7. The van der Waals surface area contributed by atoms with Crippen LogP contribution in [0.2, 0.25) is 0 Å². The van der Waals surface area contributed by atoms with Gasteiger partial charge in [0.1, 0.15) is 0 Å². The largest absolute Gasteiger partial charge is 0.493 e. The second-order valence-corrected chi connectivity index (χ2v) is 10.4. The first-order valence-electron chi connectivity index (χ1n) is 11.9. The van der Waals surface area contributed by atoms with Gasteiger partial charge in [-0.15, -0.1) is 11.8 Å². The smallest absolute Gasteiger partial charge is 0.203 e. The number of ether oxygens (including phenoxy) is 6. The molecule has 7 nitrogen and oxygen atoms in total. The van der Waals surface area contributed by atoms with Crippen molar-refractivity contribution in [2.45, 2.75) is 29.9 Å². The van der Waals surface area contributed by atoms with Crippen LogP contribution in [0.3, 0.4) is 0 Å². The fraction of sp³-hybridized carbons (Fsp3) is 0.357. The van der Waals surface area contributed by atoms with Crippen LogP contribution in [0.15, 0.2) is 57.9 Å². The highest BCUT2D eigenvalue weighted by Gasteiger charge is 2.30. The van der Waals surface area contributed by atoms with E-state index in [1.54, 1.807) is 40.2 Å². The van der Waals surface area contributed by atoms with Crippen molar-refractivity contribution in [3.8, 4) is 28.7 Å². The van der Waals surface area contributed by atoms with Crippen molar-refractivity contribution in [3.05, 3.63) is 64.1 Å². The van der Waals surface area contributed by atoms with Crippen LogP contribution in [-0.2, 0) is 4.74 Å². The molecule has 0 spiro atoms. The lowest BCUT2D eigenvalue weighted by molar-refractivity contribution is 0.0437. The van der Waals surface area contributed by atoms with Gasteiger partial charge in [-0.1, -0.05) is 12.1 Å². The van der Waals surface area contributed by atoms with Crippen molar-refractivity contribution < 1.29 is 28.4 Å². The Morgan fingerprint density at radius 2 is 1.41 bits per heavy atom. The molecule has 1 aliphatic heterocycles. The molecule has 4 rings (SSSR count). The van der Waals surface area contributed by atoms with Crippen LogP contribution in [0, 0.1) is 0 Å². The Hall–Kier alpha value is -2.75. The predicted octanol–water partition coefficient (Wildman–Crippen LogP) is 6.83. The van der Waals surface area contributed by atoms with E-state index < -0.39 is 0 Å². The maximum atomic E-state index is 6.45. The van der Waals surface area contributed by atoms with Gasteiger partial charge in [0.05, 0.1) is 52.9 Å². The predicted molar refractivity (Wildman–Crippen MR) is 150 cm³/mol. The van der Waals surface area contributed by atoms with Crippen LogP contribution in [-0.4, -0.2) is 40.8 Å². The molecule has 1 saturated heterocycles. The van der Waals surface area contributed by atoms with Gasteiger partial charge in [0.15, 0.2) is 23.0 Å². The third-order valence-corrected chi connectivity index (χ3v) is 8.19. The van der Waals surface area contributed by atoms with E-state index in [1.807, 2.05) is 42.5 Å². The van der Waals surface area contributed by atoms with Crippen molar-refractivity contribution in [1.82, 2.24) is 0 Å². The molecular formula is C28H32BrNO6S. The van der Waals surface area contributed by atoms with E-state index in [9.17, 15) is 0 Å². The van der Waals surface area contributed by atoms with E-state index in [-0.39, 0.29) is 12.2 Å². The normalized spacial score (nSPS) is 16.9. The van der Waals surface area contributed by atoms with Crippen LogP contribution < -0.4 is 29.4 Å². The molecule has 1 heterocycles. The van der Waals surface area contributed by atoms with Gasteiger partial charge in [-0.05, 0) is 76.3 Å². The minimum absolute atomic E-state index is 0.115. The first-order valence-corrected chi connectivity index (χ1v) is 13.7. The zero-order valence-corrected chi connectivity index (χ0v) is 23.8. The standard InChI is InChI=1S/C28H32BrNO6S/c1-31-23-14-17(13-20(30)27(23)35-11-12-37-26-8-6-5-7-19(26)29)21-9-10-22(36-21)18-15-24(32-2)28(34-4)25(16-18)33-3/h5-8,13-16,21-22H,9-12,30H2,1-4H3/t21-,22-/m0/s1. The van der Waals surface area contributed by atoms with E-state index in [4.69, 9.17) is 34.2 Å². The minimum Gasteiger partial charge on any atom is -0.493 e. The van der Waals surface area contributed by atoms with Crippen LogP contribution in [0.5, 0.6) is 28.7 Å². The highest BCUT2D eigenvalue weighted by molar-refractivity contribution is 9.10. The molecule has 0 aliphatic carbocycles. The van der Waals surface area contributed by atoms with Crippen LogP contribution in [0.25, 0.3) is 0 Å². The molecule has 0 radical (unpaired) electrons. The van der Waals surface area contributed by atoms with Gasteiger partial charge in [-0.2, -0.15) is 0 Å². The quantitative estimate of drug-likeness (QED) is 0.148. The van der Waals surface area contributed by atoms with Gasteiger partial charge in [0.25, 0.3) is 0 Å². The Kier molecular flexibility index (Phi) is 9.34. The molecule has 9 heteroatoms. The molecule has 2 N–H and O–H groups in total. The first-order chi connectivity index (χ1) is 18.0. The fourth-order valence-corrected chi connectivity index (χ4v) is 5.81. The molecule has 2 atom stereocenters. The lowest BCUT2D eigenvalue weighted by atomic mass is 10.0. The molecule has 198 valence electrons. The molecule has 0 amide bonds. The number of benzene rings is 3. The number of nitrogens with two attached hydrogens (primary N) is 1. The Morgan fingerprint density at radius 1 is 0.838 bits per heavy atom. The molecule has 0 bridgehead atoms. The maximum absolute atomic E-state index is 6.45. The number of anilines is 1. The number of hydrogen-bond donors (Lipinski definition) is 1. The number of hydrogen-bond acceptors (Lipinski definition) is 8. The fourth-order valence-electron chi connectivity index (χ4n) is 4.41. The zero-order valence-electron chi connectivity index (χ0n) is 21.4. The number of rotatable bonds is 11. The molecule has 1 fully saturated rings. The second kappa shape index (κ2) is 12.7. The maximum Gasteiger partial charge on any atom is 0.203 e. The van der Waals surface area contributed by atoms with Crippen molar-refractivity contribution in [2.24, 2.45) is 0 Å². The lowest BCUT2D eigenvalue weighted by Crippen LogP contribution is -2.07. The molecule has 3 aromatic carbocycles. The van der Waals surface area contributed by atoms with Gasteiger partial charge >= 0.3 is 0 Å². The summed E-state index contributed by atoms with van der Waals surface area (Å²) in [6.07, 6.45) is 1.44. The molecule has 1 aliphatic rings. The first kappa shape index (κ1) is 27.3. The van der Waals surface area contributed by atoms with E-state index >= 15 is 0 Å². The average Bonchev–Trinajstić information content (AvgIpc) is 3.42. The topological polar surface area (TPSA) is 81.4 Å². The summed E-state index contributed by atoms with van der Waals surface area (Å²) in [5, 5.41) is 0. The van der Waals surface area contributed by atoms with Crippen molar-refractivity contribution in [2.75, 3.05) is 46.5 Å². The zero-order chi connectivity index (χ0) is 26.4. The van der Waals surface area contributed by atoms with Crippen LogP contribution in [0.1, 0.15) is 36.2 Å². The average molecular weight is 591 g/mol. The molecule has 0 aromatic heterocycles. The van der Waals surface area contributed by atoms with Crippen molar-refractivity contribution in [1.29, 1.82) is 0 Å². The number of thioether (sulfide) groups is 1. The Bertz CT molecular complexity index is 1200. The minimum atomic E-state index is -0.125. The Morgan fingerprint density at radius 3 is 1.97 bits per heavy atom. The highest BCUT2D eigenvalue weighted by atomic mass is 79.9. The summed E-state index contributed by atoms with van der Waals surface area (Å²) in [5.41, 5.74) is 8.87. The lowest BCUT2D eigenvalue weighted by Gasteiger charge is -2.20. The third-order valence-electron chi connectivity index (χ3n) is 6.20. The van der Waals surface area contributed by atoms with Gasteiger partial charge in [-0.3, -0.25) is 0 Å². The molecule has 0 saturated carbocycles. The summed E-state index contributed by atoms with van der Waals surface area (Å²) in [5.74, 6) is 3.70. The van der Waals surface area contributed by atoms with Gasteiger partial charge < -0.3 is 34.2 Å². The van der Waals surface area contributed by atoms with Gasteiger partial charge in [0, 0.05) is 15.1 Å². The highest BCUT2D eigenvalue weighted by Crippen LogP contribution is 2.47. The third kappa shape index (κ3) is 6.22. The summed E-state index contributed by atoms with van der Waals surface area (Å²) in [7, 11) is 6.43. The summed E-state index contributed by atoms with van der Waals surface area (Å²) in [6, 6.07) is 15.9. The number of nitrogen functional groups attached to an aromatic ring is 1. The molecule has 3 aromatic rings. The van der Waals surface area contributed by atoms with E-state index in [1.165, 1.54) is 4.90 Å². The van der Waals surface area contributed by atoms with E-state index in [0.717, 1.165) is 34.2 Å². The molecular weight excluding hydrogens is 558 g/mol. The molecule has 37 heavy (non-hydrogen) atoms. The van der Waals surface area contributed by atoms with Crippen molar-refractivity contribution >= 4 is 33.4 Å². The number of methoxy groups -OCH3 is 4.